The fourth-order valence-electron chi connectivity index (χ4n) is 3.04. The molecule has 2 aromatic heterocycles. The maximum Gasteiger partial charge on any atom is 0.354 e. The number of ether oxygens (including phenoxy) is 1. The Morgan fingerprint density at radius 2 is 1.76 bits per heavy atom. The summed E-state index contributed by atoms with van der Waals surface area (Å²) >= 11 is 0. The van der Waals surface area contributed by atoms with Crippen molar-refractivity contribution in [1.82, 2.24) is 15.0 Å². The van der Waals surface area contributed by atoms with E-state index in [-0.39, 0.29) is 23.4 Å². The number of rotatable bonds is 7. The molecule has 0 fully saturated rings. The summed E-state index contributed by atoms with van der Waals surface area (Å²) in [5.41, 5.74) is 1.78. The molecule has 0 unspecified atom stereocenters. The highest BCUT2D eigenvalue weighted by Crippen LogP contribution is 2.20. The number of aromatic nitrogens is 3. The summed E-state index contributed by atoms with van der Waals surface area (Å²) in [6, 6.07) is 13.8. The molecule has 10 nitrogen and oxygen atoms in total. The van der Waals surface area contributed by atoms with E-state index in [4.69, 9.17) is 4.74 Å². The van der Waals surface area contributed by atoms with Crippen LogP contribution in [0.4, 0.5) is 11.6 Å². The third-order valence-electron chi connectivity index (χ3n) is 4.59. The zero-order chi connectivity index (χ0) is 23.4. The van der Waals surface area contributed by atoms with E-state index in [9.17, 15) is 18.0 Å². The van der Waals surface area contributed by atoms with Crippen molar-refractivity contribution in [3.05, 3.63) is 78.2 Å². The molecule has 0 saturated heterocycles. The number of esters is 1. The van der Waals surface area contributed by atoms with E-state index in [1.807, 2.05) is 0 Å². The molecule has 11 heteroatoms. The number of hydrogen-bond acceptors (Lipinski definition) is 7. The summed E-state index contributed by atoms with van der Waals surface area (Å²) in [5, 5.41) is 3.40. The largest absolute Gasteiger partial charge is 0.461 e. The molecule has 4 aromatic rings. The van der Waals surface area contributed by atoms with Crippen LogP contribution < -0.4 is 10.0 Å². The lowest BCUT2D eigenvalue weighted by Crippen LogP contribution is -2.15. The van der Waals surface area contributed by atoms with E-state index in [0.717, 1.165) is 0 Å². The third kappa shape index (κ3) is 4.99. The Hall–Kier alpha value is -4.25. The quantitative estimate of drug-likeness (QED) is 0.356. The van der Waals surface area contributed by atoms with E-state index < -0.39 is 16.0 Å². The Labute approximate surface area is 189 Å². The Kier molecular flexibility index (Phi) is 6.05. The number of carbonyl (C=O) groups excluding carboxylic acids is 2. The first-order valence-electron chi connectivity index (χ1n) is 9.87. The van der Waals surface area contributed by atoms with E-state index in [1.165, 1.54) is 36.7 Å². The van der Waals surface area contributed by atoms with Crippen molar-refractivity contribution < 1.29 is 22.7 Å². The Morgan fingerprint density at radius 1 is 1.03 bits per heavy atom. The first kappa shape index (κ1) is 22.0. The molecule has 3 N–H and O–H groups in total. The molecule has 0 aliphatic carbocycles. The minimum atomic E-state index is -3.87. The van der Waals surface area contributed by atoms with Gasteiger partial charge in [-0.1, -0.05) is 0 Å². The van der Waals surface area contributed by atoms with Gasteiger partial charge in [-0.2, -0.15) is 0 Å². The first-order chi connectivity index (χ1) is 15.9. The molecule has 2 heterocycles. The highest BCUT2D eigenvalue weighted by Gasteiger charge is 2.16. The second kappa shape index (κ2) is 9.09. The number of fused-ring (bicyclic) bond motifs is 1. The summed E-state index contributed by atoms with van der Waals surface area (Å²) in [6.45, 7) is 1.98. The SMILES string of the molecule is CCOC(=O)c1cc2cc(C(=O)Nc3ccc(S(=O)(=O)Nc4ncccn4)cc3)ccc2[nH]1. The van der Waals surface area contributed by atoms with Crippen LogP contribution in [0.5, 0.6) is 0 Å². The predicted octanol–water partition coefficient (Wildman–Crippen LogP) is 3.19. The molecule has 0 atom stereocenters. The van der Waals surface area contributed by atoms with Crippen molar-refractivity contribution in [2.75, 3.05) is 16.6 Å². The Bertz CT molecular complexity index is 1420. The minimum absolute atomic E-state index is 0.00631. The van der Waals surface area contributed by atoms with Gasteiger partial charge in [0.15, 0.2) is 0 Å². The van der Waals surface area contributed by atoms with E-state index in [1.54, 1.807) is 37.3 Å². The van der Waals surface area contributed by atoms with Gasteiger partial charge in [0.05, 0.1) is 11.5 Å². The van der Waals surface area contributed by atoms with Crippen molar-refractivity contribution >= 4 is 44.4 Å². The van der Waals surface area contributed by atoms with Crippen LogP contribution in [-0.2, 0) is 14.8 Å². The zero-order valence-corrected chi connectivity index (χ0v) is 18.2. The number of sulfonamides is 1. The van der Waals surface area contributed by atoms with Crippen molar-refractivity contribution in [2.24, 2.45) is 0 Å². The number of aromatic amines is 1. The predicted molar refractivity (Wildman–Crippen MR) is 121 cm³/mol. The van der Waals surface area contributed by atoms with Gasteiger partial charge in [-0.15, -0.1) is 0 Å². The van der Waals surface area contributed by atoms with Crippen LogP contribution in [0.2, 0.25) is 0 Å². The van der Waals surface area contributed by atoms with Crippen molar-refractivity contribution in [3.63, 3.8) is 0 Å². The van der Waals surface area contributed by atoms with Gasteiger partial charge in [0, 0.05) is 34.5 Å². The highest BCUT2D eigenvalue weighted by atomic mass is 32.2. The molecule has 168 valence electrons. The van der Waals surface area contributed by atoms with Gasteiger partial charge in [-0.25, -0.2) is 27.9 Å². The fraction of sp³-hybridized carbons (Fsp3) is 0.0909. The fourth-order valence-corrected chi connectivity index (χ4v) is 4.00. The summed E-state index contributed by atoms with van der Waals surface area (Å²) in [4.78, 5) is 35.2. The molecule has 0 aliphatic rings. The van der Waals surface area contributed by atoms with Gasteiger partial charge >= 0.3 is 5.97 Å². The normalized spacial score (nSPS) is 11.2. The minimum Gasteiger partial charge on any atom is -0.461 e. The second-order valence-corrected chi connectivity index (χ2v) is 8.54. The Balaban J connectivity index is 1.47. The number of hydrogen-bond donors (Lipinski definition) is 3. The molecular weight excluding hydrogens is 446 g/mol. The van der Waals surface area contributed by atoms with Gasteiger partial charge in [0.25, 0.3) is 15.9 Å². The summed E-state index contributed by atoms with van der Waals surface area (Å²) in [5.74, 6) is -0.897. The number of benzene rings is 2. The number of amides is 1. The molecule has 2 aromatic carbocycles. The summed E-state index contributed by atoms with van der Waals surface area (Å²) < 4.78 is 32.2. The molecule has 0 spiro atoms. The average Bonchev–Trinajstić information content (AvgIpc) is 3.24. The van der Waals surface area contributed by atoms with Crippen LogP contribution in [-0.4, -0.2) is 41.9 Å². The Morgan fingerprint density at radius 3 is 2.45 bits per heavy atom. The van der Waals surface area contributed by atoms with Gasteiger partial charge in [-0.3, -0.25) is 4.79 Å². The highest BCUT2D eigenvalue weighted by molar-refractivity contribution is 7.92. The van der Waals surface area contributed by atoms with E-state index in [0.29, 0.717) is 27.8 Å². The van der Waals surface area contributed by atoms with Gasteiger partial charge in [0.2, 0.25) is 5.95 Å². The van der Waals surface area contributed by atoms with Crippen LogP contribution in [0.1, 0.15) is 27.8 Å². The zero-order valence-electron chi connectivity index (χ0n) is 17.4. The smallest absolute Gasteiger partial charge is 0.354 e. The van der Waals surface area contributed by atoms with Crippen LogP contribution in [0, 0.1) is 0 Å². The maximum absolute atomic E-state index is 12.7. The molecule has 0 saturated carbocycles. The summed E-state index contributed by atoms with van der Waals surface area (Å²) in [7, 11) is -3.87. The number of carbonyl (C=O) groups is 2. The number of anilines is 2. The third-order valence-corrected chi connectivity index (χ3v) is 5.94. The lowest BCUT2D eigenvalue weighted by molar-refractivity contribution is 0.0520. The number of H-pyrrole nitrogens is 1. The molecule has 4 rings (SSSR count). The van der Waals surface area contributed by atoms with E-state index >= 15 is 0 Å². The molecule has 33 heavy (non-hydrogen) atoms. The molecule has 0 bridgehead atoms. The topological polar surface area (TPSA) is 143 Å². The van der Waals surface area contributed by atoms with E-state index in [2.05, 4.69) is 25.0 Å². The monoisotopic (exact) mass is 465 g/mol. The van der Waals surface area contributed by atoms with Gasteiger partial charge in [0.1, 0.15) is 5.69 Å². The molecule has 0 radical (unpaired) electrons. The van der Waals surface area contributed by atoms with Crippen molar-refractivity contribution in [3.8, 4) is 0 Å². The standard InChI is InChI=1S/C22H19N5O5S/c1-2-32-21(29)19-13-15-12-14(4-9-18(15)26-19)20(28)25-16-5-7-17(8-6-16)33(30,31)27-22-23-10-3-11-24-22/h3-13,26H,2H2,1H3,(H,25,28)(H,23,24,27). The van der Waals surface area contributed by atoms with Crippen LogP contribution >= 0.6 is 0 Å². The lowest BCUT2D eigenvalue weighted by Gasteiger charge is -2.08. The first-order valence-corrected chi connectivity index (χ1v) is 11.3. The molecule has 1 amide bonds. The van der Waals surface area contributed by atoms with Gasteiger partial charge in [-0.05, 0) is 61.5 Å². The maximum atomic E-state index is 12.7. The van der Waals surface area contributed by atoms with Crippen LogP contribution in [0.3, 0.4) is 0 Å². The second-order valence-electron chi connectivity index (χ2n) is 6.86. The van der Waals surface area contributed by atoms with Gasteiger partial charge < -0.3 is 15.0 Å². The molecule has 0 aliphatic heterocycles. The number of nitrogens with one attached hydrogen (secondary N) is 3. The van der Waals surface area contributed by atoms with Crippen LogP contribution in [0.15, 0.2) is 71.9 Å². The number of nitrogens with zero attached hydrogens (tertiary/aromatic N) is 2. The average molecular weight is 465 g/mol. The van der Waals surface area contributed by atoms with Crippen LogP contribution in [0.25, 0.3) is 10.9 Å². The van der Waals surface area contributed by atoms with Crippen molar-refractivity contribution in [2.45, 2.75) is 11.8 Å². The molecular formula is C22H19N5O5S. The van der Waals surface area contributed by atoms with Crippen molar-refractivity contribution in [1.29, 1.82) is 0 Å². The summed E-state index contributed by atoms with van der Waals surface area (Å²) in [6.07, 6.45) is 2.85. The lowest BCUT2D eigenvalue weighted by atomic mass is 10.1.